The van der Waals surface area contributed by atoms with Crippen LogP contribution in [0.15, 0.2) is 71.5 Å². The first kappa shape index (κ1) is 20.3. The van der Waals surface area contributed by atoms with E-state index in [4.69, 9.17) is 0 Å². The summed E-state index contributed by atoms with van der Waals surface area (Å²) in [6, 6.07) is 22.8. The number of anilines is 1. The smallest absolute Gasteiger partial charge is 0.274 e. The van der Waals surface area contributed by atoms with E-state index < -0.39 is 0 Å². The van der Waals surface area contributed by atoms with Crippen LogP contribution in [0.25, 0.3) is 10.1 Å². The van der Waals surface area contributed by atoms with E-state index in [-0.39, 0.29) is 11.6 Å². The highest BCUT2D eigenvalue weighted by Gasteiger charge is 2.13. The Morgan fingerprint density at radius 1 is 1.07 bits per heavy atom. The van der Waals surface area contributed by atoms with Crippen molar-refractivity contribution in [3.8, 4) is 0 Å². The first-order valence-electron chi connectivity index (χ1n) is 10.1. The molecule has 2 heterocycles. The van der Waals surface area contributed by atoms with Crippen molar-refractivity contribution >= 4 is 27.4 Å². The van der Waals surface area contributed by atoms with Crippen LogP contribution in [0.2, 0.25) is 0 Å². The Hall–Kier alpha value is -2.96. The van der Waals surface area contributed by atoms with Crippen molar-refractivity contribution in [3.05, 3.63) is 93.2 Å². The van der Waals surface area contributed by atoms with E-state index in [1.54, 1.807) is 17.4 Å². The molecule has 0 bridgehead atoms. The predicted molar refractivity (Wildman–Crippen MR) is 126 cm³/mol. The number of nitrogens with one attached hydrogen (secondary N) is 2. The van der Waals surface area contributed by atoms with Gasteiger partial charge in [-0.05, 0) is 43.6 Å². The van der Waals surface area contributed by atoms with E-state index in [0.717, 1.165) is 12.1 Å². The van der Waals surface area contributed by atoms with E-state index in [9.17, 15) is 4.79 Å². The monoisotopic (exact) mass is 418 g/mol. The fourth-order valence-corrected chi connectivity index (χ4v) is 4.62. The molecule has 0 saturated carbocycles. The van der Waals surface area contributed by atoms with Crippen molar-refractivity contribution in [2.24, 2.45) is 0 Å². The summed E-state index contributed by atoms with van der Waals surface area (Å²) in [5.74, 6) is 0.526. The first-order chi connectivity index (χ1) is 14.6. The summed E-state index contributed by atoms with van der Waals surface area (Å²) in [7, 11) is 4.15. The van der Waals surface area contributed by atoms with Crippen molar-refractivity contribution in [1.82, 2.24) is 14.9 Å². The Kier molecular flexibility index (Phi) is 6.26. The average molecular weight is 419 g/mol. The van der Waals surface area contributed by atoms with Crippen LogP contribution in [0.1, 0.15) is 16.1 Å². The zero-order valence-corrected chi connectivity index (χ0v) is 18.1. The maximum Gasteiger partial charge on any atom is 0.274 e. The van der Waals surface area contributed by atoms with Gasteiger partial charge in [0.15, 0.2) is 0 Å². The number of hydrogen-bond donors (Lipinski definition) is 2. The van der Waals surface area contributed by atoms with Crippen molar-refractivity contribution in [2.75, 3.05) is 26.0 Å². The Labute approximate surface area is 180 Å². The van der Waals surface area contributed by atoms with Crippen molar-refractivity contribution in [1.29, 1.82) is 0 Å². The molecule has 0 amide bonds. The van der Waals surface area contributed by atoms with Crippen LogP contribution in [0.4, 0.5) is 5.95 Å². The van der Waals surface area contributed by atoms with Crippen LogP contribution in [0.5, 0.6) is 0 Å². The highest BCUT2D eigenvalue weighted by Crippen LogP contribution is 2.26. The third kappa shape index (κ3) is 5.14. The third-order valence-corrected chi connectivity index (χ3v) is 6.31. The summed E-state index contributed by atoms with van der Waals surface area (Å²) in [5, 5.41) is 4.57. The Morgan fingerprint density at radius 2 is 1.83 bits per heavy atom. The summed E-state index contributed by atoms with van der Waals surface area (Å²) in [6.07, 6.45) is 1.61. The van der Waals surface area contributed by atoms with E-state index in [2.05, 4.69) is 82.8 Å². The molecular weight excluding hydrogens is 392 g/mol. The van der Waals surface area contributed by atoms with E-state index in [0.29, 0.717) is 18.9 Å². The van der Waals surface area contributed by atoms with Gasteiger partial charge in [0, 0.05) is 40.3 Å². The molecule has 154 valence electrons. The summed E-state index contributed by atoms with van der Waals surface area (Å²) in [6.45, 7) is 0.692. The van der Waals surface area contributed by atoms with Gasteiger partial charge in [-0.3, -0.25) is 4.79 Å². The molecule has 2 aromatic heterocycles. The van der Waals surface area contributed by atoms with Crippen LogP contribution >= 0.6 is 11.3 Å². The number of likely N-dealkylation sites (N-methyl/N-ethyl adjacent to an activating group) is 1. The van der Waals surface area contributed by atoms with Gasteiger partial charge in [-0.25, -0.2) is 0 Å². The summed E-state index contributed by atoms with van der Waals surface area (Å²) < 4.78 is 1.26. The lowest BCUT2D eigenvalue weighted by atomic mass is 10.1. The SMILES string of the molecule is CN(C)[C@H](CNc1nc(=O)cc(Cc2cc3ccccc3s2)[nH]1)Cc1ccccc1. The molecule has 6 heteroatoms. The van der Waals surface area contributed by atoms with Gasteiger partial charge in [-0.15, -0.1) is 11.3 Å². The summed E-state index contributed by atoms with van der Waals surface area (Å²) >= 11 is 1.76. The fraction of sp³-hybridized carbons (Fsp3) is 0.250. The van der Waals surface area contributed by atoms with Gasteiger partial charge in [0.05, 0.1) is 0 Å². The average Bonchev–Trinajstić information content (AvgIpc) is 3.13. The molecule has 0 aliphatic carbocycles. The number of thiophene rings is 1. The third-order valence-electron chi connectivity index (χ3n) is 5.19. The predicted octanol–water partition coefficient (Wildman–Crippen LogP) is 4.16. The zero-order valence-electron chi connectivity index (χ0n) is 17.3. The van der Waals surface area contributed by atoms with Gasteiger partial charge < -0.3 is 15.2 Å². The van der Waals surface area contributed by atoms with Crippen LogP contribution in [-0.2, 0) is 12.8 Å². The molecule has 4 rings (SSSR count). The maximum absolute atomic E-state index is 12.2. The van der Waals surface area contributed by atoms with E-state index >= 15 is 0 Å². The Bertz CT molecular complexity index is 1130. The molecule has 0 spiro atoms. The molecule has 0 fully saturated rings. The van der Waals surface area contributed by atoms with Crippen molar-refractivity contribution in [2.45, 2.75) is 18.9 Å². The van der Waals surface area contributed by atoms with Crippen molar-refractivity contribution < 1.29 is 0 Å². The second kappa shape index (κ2) is 9.24. The minimum Gasteiger partial charge on any atom is -0.354 e. The van der Waals surface area contributed by atoms with E-state index in [1.807, 2.05) is 12.1 Å². The van der Waals surface area contributed by atoms with Crippen LogP contribution in [0, 0.1) is 0 Å². The van der Waals surface area contributed by atoms with Crippen LogP contribution < -0.4 is 10.9 Å². The van der Waals surface area contributed by atoms with Gasteiger partial charge in [0.25, 0.3) is 5.56 Å². The molecule has 2 N–H and O–H groups in total. The second-order valence-corrected chi connectivity index (χ2v) is 8.88. The quantitative estimate of drug-likeness (QED) is 0.451. The Balaban J connectivity index is 1.46. The largest absolute Gasteiger partial charge is 0.354 e. The molecule has 0 saturated heterocycles. The molecule has 30 heavy (non-hydrogen) atoms. The number of H-pyrrole nitrogens is 1. The zero-order chi connectivity index (χ0) is 20.9. The lowest BCUT2D eigenvalue weighted by Gasteiger charge is -2.25. The number of hydrogen-bond acceptors (Lipinski definition) is 5. The lowest BCUT2D eigenvalue weighted by Crippen LogP contribution is -2.37. The van der Waals surface area contributed by atoms with Gasteiger partial charge in [-0.2, -0.15) is 4.98 Å². The number of aromatic nitrogens is 2. The summed E-state index contributed by atoms with van der Waals surface area (Å²) in [4.78, 5) is 23.0. The van der Waals surface area contributed by atoms with Crippen LogP contribution in [-0.4, -0.2) is 41.5 Å². The molecule has 5 nitrogen and oxygen atoms in total. The molecule has 1 atom stereocenters. The second-order valence-electron chi connectivity index (χ2n) is 7.71. The number of nitrogens with zero attached hydrogens (tertiary/aromatic N) is 2. The summed E-state index contributed by atoms with van der Waals surface area (Å²) in [5.41, 5.74) is 1.93. The molecule has 0 aliphatic rings. The topological polar surface area (TPSA) is 61.0 Å². The molecule has 0 unspecified atom stereocenters. The Morgan fingerprint density at radius 3 is 2.60 bits per heavy atom. The minimum atomic E-state index is -0.225. The van der Waals surface area contributed by atoms with E-state index in [1.165, 1.54) is 20.5 Å². The van der Waals surface area contributed by atoms with Crippen molar-refractivity contribution in [3.63, 3.8) is 0 Å². The standard InChI is InChI=1S/C24H26N4OS/c1-28(2)20(12-17-8-4-3-5-9-17)16-25-24-26-19(15-23(29)27-24)14-21-13-18-10-6-7-11-22(18)30-21/h3-11,13,15,20H,12,14,16H2,1-2H3,(H2,25,26,27,29)/t20-/m0/s1. The van der Waals surface area contributed by atoms with Gasteiger partial charge >= 0.3 is 0 Å². The highest BCUT2D eigenvalue weighted by atomic mass is 32.1. The van der Waals surface area contributed by atoms with Gasteiger partial charge in [-0.1, -0.05) is 48.5 Å². The number of benzene rings is 2. The number of fused-ring (bicyclic) bond motifs is 1. The first-order valence-corrected chi connectivity index (χ1v) is 10.9. The van der Waals surface area contributed by atoms with Gasteiger partial charge in [0.1, 0.15) is 0 Å². The lowest BCUT2D eigenvalue weighted by molar-refractivity contribution is 0.303. The van der Waals surface area contributed by atoms with Crippen LogP contribution in [0.3, 0.4) is 0 Å². The number of rotatable bonds is 8. The minimum absolute atomic E-state index is 0.225. The molecule has 0 aliphatic heterocycles. The van der Waals surface area contributed by atoms with Gasteiger partial charge in [0.2, 0.25) is 5.95 Å². The highest BCUT2D eigenvalue weighted by molar-refractivity contribution is 7.19. The molecular formula is C24H26N4OS. The molecule has 0 radical (unpaired) electrons. The fourth-order valence-electron chi connectivity index (χ4n) is 3.54. The molecule has 2 aromatic carbocycles. The maximum atomic E-state index is 12.2. The molecule has 4 aromatic rings. The number of aromatic amines is 1. The normalized spacial score (nSPS) is 12.4.